The summed E-state index contributed by atoms with van der Waals surface area (Å²) < 4.78 is 6.19. The van der Waals surface area contributed by atoms with Gasteiger partial charge in [-0.15, -0.1) is 0 Å². The highest BCUT2D eigenvalue weighted by atomic mass is 16.6. The maximum Gasteiger partial charge on any atom is 0.306 e. The molecule has 0 heterocycles. The van der Waals surface area contributed by atoms with E-state index in [0.29, 0.717) is 12.8 Å². The van der Waals surface area contributed by atoms with Gasteiger partial charge in [-0.3, -0.25) is 4.79 Å². The van der Waals surface area contributed by atoms with E-state index in [-0.39, 0.29) is 11.9 Å². The number of nitrogens with one attached hydrogen (secondary N) is 1. The van der Waals surface area contributed by atoms with Crippen LogP contribution in [0.1, 0.15) is 31.4 Å². The van der Waals surface area contributed by atoms with Crippen molar-refractivity contribution >= 4 is 5.97 Å². The van der Waals surface area contributed by atoms with Crippen molar-refractivity contribution < 1.29 is 14.4 Å². The van der Waals surface area contributed by atoms with Crippen LogP contribution in [0, 0.1) is 5.92 Å². The van der Waals surface area contributed by atoms with Gasteiger partial charge in [-0.1, -0.05) is 74.5 Å². The summed E-state index contributed by atoms with van der Waals surface area (Å²) in [5.41, 5.74) is 1.58. The van der Waals surface area contributed by atoms with E-state index in [1.807, 2.05) is 43.3 Å². The van der Waals surface area contributed by atoms with Gasteiger partial charge in [0.25, 0.3) is 0 Å². The number of carbonyl (C=O) groups is 1. The average molecular weight is 340 g/mol. The van der Waals surface area contributed by atoms with Crippen LogP contribution < -0.4 is 4.90 Å². The molecule has 2 aromatic rings. The van der Waals surface area contributed by atoms with Crippen molar-refractivity contribution in [1.29, 1.82) is 0 Å². The molecule has 25 heavy (non-hydrogen) atoms. The Balaban J connectivity index is 2.53. The molecule has 2 rings (SSSR count). The molecule has 0 radical (unpaired) electrons. The van der Waals surface area contributed by atoms with Crippen LogP contribution in [0.15, 0.2) is 60.7 Å². The summed E-state index contributed by atoms with van der Waals surface area (Å²) in [4.78, 5) is 13.7. The molecule has 2 aromatic carbocycles. The highest BCUT2D eigenvalue weighted by molar-refractivity contribution is 5.69. The van der Waals surface area contributed by atoms with E-state index in [4.69, 9.17) is 4.74 Å². The molecule has 0 aliphatic heterocycles. The summed E-state index contributed by atoms with van der Waals surface area (Å²) in [6.45, 7) is 4.95. The number of benzene rings is 2. The van der Waals surface area contributed by atoms with Gasteiger partial charge in [0.05, 0.1) is 20.6 Å². The molecule has 0 saturated carbocycles. The number of hydrogen-bond donors (Lipinski definition) is 1. The Hall–Kier alpha value is -2.13. The molecule has 0 aliphatic carbocycles. The van der Waals surface area contributed by atoms with Crippen molar-refractivity contribution in [1.82, 2.24) is 0 Å². The Morgan fingerprint density at radius 1 is 1.04 bits per heavy atom. The topological polar surface area (TPSA) is 30.7 Å². The third-order valence-electron chi connectivity index (χ3n) is 4.67. The van der Waals surface area contributed by atoms with E-state index >= 15 is 0 Å². The molecule has 0 fully saturated rings. The third-order valence-corrected chi connectivity index (χ3v) is 4.67. The lowest BCUT2D eigenvalue weighted by atomic mass is 9.77. The van der Waals surface area contributed by atoms with Gasteiger partial charge in [0, 0.05) is 18.8 Å². The quantitative estimate of drug-likeness (QED) is 0.749. The maximum absolute atomic E-state index is 12.4. The number of quaternary nitrogens is 1. The Kier molecular flexibility index (Phi) is 6.77. The normalized spacial score (nSPS) is 14.8. The van der Waals surface area contributed by atoms with Crippen LogP contribution in [0.4, 0.5) is 0 Å². The van der Waals surface area contributed by atoms with Crippen LogP contribution >= 0.6 is 0 Å². The summed E-state index contributed by atoms with van der Waals surface area (Å²) in [5.74, 6) is 0.0241. The molecule has 0 unspecified atom stereocenters. The molecule has 0 amide bonds. The van der Waals surface area contributed by atoms with Crippen molar-refractivity contribution in [2.45, 2.75) is 32.3 Å². The first-order valence-corrected chi connectivity index (χ1v) is 9.08. The SMILES string of the molecule is CCC(=O)O[C@@](Cc1ccccc1)(c1ccccc1)[C@H](C)C[NH+](C)C. The van der Waals surface area contributed by atoms with Crippen LogP contribution in [0.3, 0.4) is 0 Å². The van der Waals surface area contributed by atoms with Gasteiger partial charge in [-0.2, -0.15) is 0 Å². The Labute approximate surface area is 151 Å². The minimum Gasteiger partial charge on any atom is -0.453 e. The molecule has 0 aromatic heterocycles. The van der Waals surface area contributed by atoms with Gasteiger partial charge < -0.3 is 9.64 Å². The van der Waals surface area contributed by atoms with Crippen LogP contribution in [0.25, 0.3) is 0 Å². The van der Waals surface area contributed by atoms with Crippen LogP contribution in [0.2, 0.25) is 0 Å². The molecule has 134 valence electrons. The smallest absolute Gasteiger partial charge is 0.306 e. The Morgan fingerprint density at radius 2 is 1.60 bits per heavy atom. The van der Waals surface area contributed by atoms with Gasteiger partial charge in [-0.25, -0.2) is 0 Å². The van der Waals surface area contributed by atoms with Gasteiger partial charge >= 0.3 is 5.97 Å². The van der Waals surface area contributed by atoms with E-state index in [1.54, 1.807) is 0 Å². The fourth-order valence-electron chi connectivity index (χ4n) is 3.43. The van der Waals surface area contributed by atoms with Crippen molar-refractivity contribution in [3.8, 4) is 0 Å². The summed E-state index contributed by atoms with van der Waals surface area (Å²) >= 11 is 0. The Bertz CT molecular complexity index is 654. The van der Waals surface area contributed by atoms with E-state index in [2.05, 4.69) is 45.3 Å². The minimum atomic E-state index is -0.660. The lowest BCUT2D eigenvalue weighted by Gasteiger charge is -2.39. The lowest BCUT2D eigenvalue weighted by Crippen LogP contribution is -3.06. The zero-order valence-electron chi connectivity index (χ0n) is 15.8. The largest absolute Gasteiger partial charge is 0.453 e. The summed E-state index contributed by atoms with van der Waals surface area (Å²) in [6, 6.07) is 20.5. The first kappa shape index (κ1) is 19.2. The highest BCUT2D eigenvalue weighted by Crippen LogP contribution is 2.37. The second-order valence-electron chi connectivity index (χ2n) is 7.06. The molecule has 0 spiro atoms. The monoisotopic (exact) mass is 340 g/mol. The summed E-state index contributed by atoms with van der Waals surface area (Å²) in [7, 11) is 4.27. The predicted molar refractivity (Wildman–Crippen MR) is 101 cm³/mol. The van der Waals surface area contributed by atoms with E-state index in [1.165, 1.54) is 10.5 Å². The molecule has 2 atom stereocenters. The van der Waals surface area contributed by atoms with Crippen molar-refractivity contribution in [3.05, 3.63) is 71.8 Å². The van der Waals surface area contributed by atoms with Crippen LogP contribution in [0.5, 0.6) is 0 Å². The summed E-state index contributed by atoms with van der Waals surface area (Å²) in [5, 5.41) is 0. The van der Waals surface area contributed by atoms with Crippen molar-refractivity contribution in [3.63, 3.8) is 0 Å². The number of ether oxygens (including phenoxy) is 1. The first-order valence-electron chi connectivity index (χ1n) is 9.08. The number of rotatable bonds is 8. The molecule has 3 nitrogen and oxygen atoms in total. The van der Waals surface area contributed by atoms with Crippen LogP contribution in [-0.2, 0) is 21.6 Å². The fourth-order valence-corrected chi connectivity index (χ4v) is 3.43. The molecule has 0 bridgehead atoms. The molecule has 1 N–H and O–H groups in total. The summed E-state index contributed by atoms with van der Waals surface area (Å²) in [6.07, 6.45) is 1.06. The minimum absolute atomic E-state index is 0.152. The zero-order valence-corrected chi connectivity index (χ0v) is 15.8. The van der Waals surface area contributed by atoms with Crippen molar-refractivity contribution in [2.75, 3.05) is 20.6 Å². The second-order valence-corrected chi connectivity index (χ2v) is 7.06. The standard InChI is InChI=1S/C22H29NO2/c1-5-21(24)25-22(18(2)17-23(3)4,20-14-10-7-11-15-20)16-19-12-8-6-9-13-19/h6-15,18H,5,16-17H2,1-4H3/p+1/t18-,22-/m1/s1. The van der Waals surface area contributed by atoms with Crippen molar-refractivity contribution in [2.24, 2.45) is 5.92 Å². The number of hydrogen-bond acceptors (Lipinski definition) is 2. The molecule has 0 aliphatic rings. The van der Waals surface area contributed by atoms with Crippen LogP contribution in [-0.4, -0.2) is 26.6 Å². The number of esters is 1. The van der Waals surface area contributed by atoms with E-state index in [0.717, 1.165) is 12.1 Å². The molecular formula is C22H30NO2+. The lowest BCUT2D eigenvalue weighted by molar-refractivity contribution is -0.863. The molecule has 3 heteroatoms. The van der Waals surface area contributed by atoms with Gasteiger partial charge in [0.15, 0.2) is 0 Å². The molecule has 0 saturated heterocycles. The third kappa shape index (κ3) is 4.93. The Morgan fingerprint density at radius 3 is 2.12 bits per heavy atom. The zero-order chi connectivity index (χ0) is 18.3. The number of carbonyl (C=O) groups excluding carboxylic acids is 1. The predicted octanol–water partition coefficient (Wildman–Crippen LogP) is 2.86. The maximum atomic E-state index is 12.4. The average Bonchev–Trinajstić information content (AvgIpc) is 2.62. The van der Waals surface area contributed by atoms with E-state index < -0.39 is 5.60 Å². The first-order chi connectivity index (χ1) is 12.0. The van der Waals surface area contributed by atoms with E-state index in [9.17, 15) is 4.79 Å². The van der Waals surface area contributed by atoms with Gasteiger partial charge in [0.2, 0.25) is 0 Å². The second kappa shape index (κ2) is 8.82. The van der Waals surface area contributed by atoms with Gasteiger partial charge in [0.1, 0.15) is 5.60 Å². The van der Waals surface area contributed by atoms with Gasteiger partial charge in [-0.05, 0) is 11.1 Å². The highest BCUT2D eigenvalue weighted by Gasteiger charge is 2.43. The fraction of sp³-hybridized carbons (Fsp3) is 0.409. The molecular weight excluding hydrogens is 310 g/mol.